The zero-order chi connectivity index (χ0) is 17.7. The number of H-pyrrole nitrogens is 1. The van der Waals surface area contributed by atoms with Crippen LogP contribution in [0.5, 0.6) is 11.5 Å². The van der Waals surface area contributed by atoms with Gasteiger partial charge in [0, 0.05) is 0 Å². The van der Waals surface area contributed by atoms with Crippen LogP contribution in [-0.2, 0) is 0 Å². The third-order valence-corrected chi connectivity index (χ3v) is 4.40. The summed E-state index contributed by atoms with van der Waals surface area (Å²) >= 11 is 6.53. The van der Waals surface area contributed by atoms with E-state index in [0.29, 0.717) is 10.8 Å². The Bertz CT molecular complexity index is 868. The normalized spacial score (nSPS) is 10.0. The summed E-state index contributed by atoms with van der Waals surface area (Å²) in [5, 5.41) is 7.79. The van der Waals surface area contributed by atoms with Gasteiger partial charge in [-0.2, -0.15) is 5.10 Å². The minimum atomic E-state index is -0.579. The van der Waals surface area contributed by atoms with Crippen molar-refractivity contribution in [2.45, 2.75) is 0 Å². The average Bonchev–Trinajstić information content (AvgIpc) is 3.05. The van der Waals surface area contributed by atoms with E-state index in [1.54, 1.807) is 13.3 Å². The fraction of sp³-hybridized carbons (Fsp3) is 0.125. The Labute approximate surface area is 154 Å². The minimum Gasteiger partial charge on any atom is -0.495 e. The molecule has 3 rings (SSSR count). The number of hydrogen-bond donors (Lipinski definition) is 1. The van der Waals surface area contributed by atoms with Crippen molar-refractivity contribution in [2.24, 2.45) is 0 Å². The van der Waals surface area contributed by atoms with Crippen LogP contribution in [0.2, 0.25) is 0 Å². The summed E-state index contributed by atoms with van der Waals surface area (Å²) in [6.45, 7) is 0. The highest BCUT2D eigenvalue weighted by atomic mass is 79.9. The molecule has 0 saturated carbocycles. The maximum atomic E-state index is 12.9. The molecule has 0 aliphatic carbocycles. The molecule has 1 N–H and O–H groups in total. The highest BCUT2D eigenvalue weighted by Gasteiger charge is 2.11. The molecule has 0 aliphatic heterocycles. The molecule has 126 valence electrons. The van der Waals surface area contributed by atoms with Gasteiger partial charge in [-0.15, -0.1) is 0 Å². The molecular weight excluding hydrogens is 447 g/mol. The number of halogens is 3. The molecule has 5 nitrogen and oxygen atoms in total. The Hall–Kier alpha value is -1.93. The van der Waals surface area contributed by atoms with Crippen molar-refractivity contribution in [3.8, 4) is 11.5 Å². The molecule has 0 radical (unpaired) electrons. The summed E-state index contributed by atoms with van der Waals surface area (Å²) in [4.78, 5) is 10.4. The zero-order valence-electron chi connectivity index (χ0n) is 12.8. The van der Waals surface area contributed by atoms with Crippen molar-refractivity contribution in [1.82, 2.24) is 10.2 Å². The Balaban J connectivity index is 0.000000174. The van der Waals surface area contributed by atoms with Crippen LogP contribution in [0.1, 0.15) is 10.4 Å². The van der Waals surface area contributed by atoms with Crippen molar-refractivity contribution in [3.05, 3.63) is 50.8 Å². The summed E-state index contributed by atoms with van der Waals surface area (Å²) in [7, 11) is 3.03. The maximum absolute atomic E-state index is 12.9. The molecule has 0 unspecified atom stereocenters. The van der Waals surface area contributed by atoms with Crippen molar-refractivity contribution in [1.29, 1.82) is 0 Å². The van der Waals surface area contributed by atoms with E-state index in [2.05, 4.69) is 42.1 Å². The largest absolute Gasteiger partial charge is 0.495 e. The van der Waals surface area contributed by atoms with E-state index in [1.807, 2.05) is 12.1 Å². The number of aromatic amines is 1. The predicted molar refractivity (Wildman–Crippen MR) is 96.4 cm³/mol. The van der Waals surface area contributed by atoms with E-state index in [4.69, 9.17) is 9.47 Å². The molecule has 0 aliphatic rings. The second-order valence-electron chi connectivity index (χ2n) is 4.51. The van der Waals surface area contributed by atoms with Gasteiger partial charge < -0.3 is 9.47 Å². The molecule has 2 aromatic carbocycles. The van der Waals surface area contributed by atoms with Crippen LogP contribution < -0.4 is 9.47 Å². The summed E-state index contributed by atoms with van der Waals surface area (Å²) in [6, 6.07) is 6.58. The van der Waals surface area contributed by atoms with Gasteiger partial charge in [0.15, 0.2) is 6.29 Å². The first-order valence-corrected chi connectivity index (χ1v) is 8.24. The number of benzene rings is 2. The average molecular weight is 460 g/mol. The number of nitrogens with one attached hydrogen (secondary N) is 1. The molecule has 0 spiro atoms. The SMILES string of the molecule is COc1c(Br)ccc(F)c1C=O.COc1c(Br)ccc2[nH]ncc12. The maximum Gasteiger partial charge on any atom is 0.156 e. The Morgan fingerprint density at radius 3 is 2.29 bits per heavy atom. The Morgan fingerprint density at radius 1 is 1.08 bits per heavy atom. The fourth-order valence-electron chi connectivity index (χ4n) is 2.04. The molecule has 0 atom stereocenters. The van der Waals surface area contributed by atoms with Crippen LogP contribution in [0, 0.1) is 5.82 Å². The van der Waals surface area contributed by atoms with E-state index in [0.717, 1.165) is 21.1 Å². The van der Waals surface area contributed by atoms with Gasteiger partial charge >= 0.3 is 0 Å². The third kappa shape index (κ3) is 3.76. The molecule has 24 heavy (non-hydrogen) atoms. The molecular formula is C16H13Br2FN2O3. The third-order valence-electron chi connectivity index (χ3n) is 3.15. The molecule has 3 aromatic rings. The number of ether oxygens (including phenoxy) is 2. The predicted octanol–water partition coefficient (Wildman–Crippen LogP) is 4.74. The van der Waals surface area contributed by atoms with Crippen LogP contribution in [0.3, 0.4) is 0 Å². The van der Waals surface area contributed by atoms with Crippen LogP contribution in [0.15, 0.2) is 39.4 Å². The monoisotopic (exact) mass is 458 g/mol. The first kappa shape index (κ1) is 18.4. The van der Waals surface area contributed by atoms with Gasteiger partial charge in [-0.25, -0.2) is 4.39 Å². The lowest BCUT2D eigenvalue weighted by atomic mass is 10.2. The number of methoxy groups -OCH3 is 2. The molecule has 1 heterocycles. The minimum absolute atomic E-state index is 0.0631. The topological polar surface area (TPSA) is 64.2 Å². The fourth-order valence-corrected chi connectivity index (χ4v) is 3.05. The van der Waals surface area contributed by atoms with Gasteiger partial charge in [-0.1, -0.05) is 0 Å². The Morgan fingerprint density at radius 2 is 1.71 bits per heavy atom. The summed E-state index contributed by atoms with van der Waals surface area (Å²) in [5.74, 6) is 0.469. The highest BCUT2D eigenvalue weighted by Crippen LogP contribution is 2.32. The van der Waals surface area contributed by atoms with Gasteiger partial charge in [0.2, 0.25) is 0 Å². The van der Waals surface area contributed by atoms with Gasteiger partial charge in [0.25, 0.3) is 0 Å². The van der Waals surface area contributed by atoms with Crippen molar-refractivity contribution < 1.29 is 18.7 Å². The number of nitrogens with zero attached hydrogens (tertiary/aromatic N) is 1. The lowest BCUT2D eigenvalue weighted by Crippen LogP contribution is -1.95. The van der Waals surface area contributed by atoms with E-state index in [1.165, 1.54) is 19.2 Å². The standard InChI is InChI=1S/C8H6BrFO2.C8H7BrN2O/c1-12-8-5(4-11)7(10)3-2-6(8)9;1-12-8-5-4-10-11-7(5)3-2-6(8)9/h2-4H,1H3;2-4H,1H3,(H,10,11). The number of aromatic nitrogens is 2. The summed E-state index contributed by atoms with van der Waals surface area (Å²) in [5.41, 5.74) is 0.918. The number of carbonyl (C=O) groups is 1. The van der Waals surface area contributed by atoms with Crippen LogP contribution in [0.25, 0.3) is 10.9 Å². The number of carbonyl (C=O) groups excluding carboxylic acids is 1. The first-order valence-electron chi connectivity index (χ1n) is 6.66. The zero-order valence-corrected chi connectivity index (χ0v) is 15.9. The molecule has 8 heteroatoms. The molecule has 0 fully saturated rings. The summed E-state index contributed by atoms with van der Waals surface area (Å²) in [6.07, 6.45) is 2.18. The second-order valence-corrected chi connectivity index (χ2v) is 6.21. The molecule has 0 saturated heterocycles. The molecule has 1 aromatic heterocycles. The number of fused-ring (bicyclic) bond motifs is 1. The highest BCUT2D eigenvalue weighted by molar-refractivity contribution is 9.10. The second kappa shape index (κ2) is 8.25. The first-order chi connectivity index (χ1) is 11.5. The van der Waals surface area contributed by atoms with Gasteiger partial charge in [0.1, 0.15) is 17.3 Å². The van der Waals surface area contributed by atoms with Crippen LogP contribution >= 0.6 is 31.9 Å². The van der Waals surface area contributed by atoms with Crippen LogP contribution in [-0.4, -0.2) is 30.7 Å². The number of aldehydes is 1. The van der Waals surface area contributed by atoms with E-state index in [-0.39, 0.29) is 11.3 Å². The smallest absolute Gasteiger partial charge is 0.156 e. The lowest BCUT2D eigenvalue weighted by Gasteiger charge is -2.05. The van der Waals surface area contributed by atoms with Crippen molar-refractivity contribution >= 4 is 49.0 Å². The number of hydrogen-bond acceptors (Lipinski definition) is 4. The van der Waals surface area contributed by atoms with Crippen molar-refractivity contribution in [3.63, 3.8) is 0 Å². The lowest BCUT2D eigenvalue weighted by molar-refractivity contribution is 0.111. The van der Waals surface area contributed by atoms with E-state index in [9.17, 15) is 9.18 Å². The van der Waals surface area contributed by atoms with Gasteiger partial charge in [0.05, 0.1) is 45.8 Å². The van der Waals surface area contributed by atoms with E-state index < -0.39 is 5.82 Å². The molecule has 0 amide bonds. The van der Waals surface area contributed by atoms with E-state index >= 15 is 0 Å². The van der Waals surface area contributed by atoms with Crippen LogP contribution in [0.4, 0.5) is 4.39 Å². The Kier molecular flexibility index (Phi) is 6.33. The summed E-state index contributed by atoms with van der Waals surface area (Å²) < 4.78 is 24.4. The number of rotatable bonds is 3. The quantitative estimate of drug-likeness (QED) is 0.574. The molecule has 0 bridgehead atoms. The van der Waals surface area contributed by atoms with Gasteiger partial charge in [-0.3, -0.25) is 9.89 Å². The van der Waals surface area contributed by atoms with Gasteiger partial charge in [-0.05, 0) is 56.1 Å². The van der Waals surface area contributed by atoms with Crippen molar-refractivity contribution in [2.75, 3.05) is 14.2 Å².